The molecule has 0 spiro atoms. The lowest BCUT2D eigenvalue weighted by atomic mass is 10.2. The number of carbonyl (C=O) groups excluding carboxylic acids is 1. The van der Waals surface area contributed by atoms with E-state index in [-0.39, 0.29) is 24.1 Å². The molecule has 1 aliphatic heterocycles. The van der Waals surface area contributed by atoms with Crippen LogP contribution in [0.4, 0.5) is 23.7 Å². The minimum atomic E-state index is -4.49. The predicted molar refractivity (Wildman–Crippen MR) is 78.6 cm³/mol. The zero-order chi connectivity index (χ0) is 16.9. The standard InChI is InChI=1S/C15H19F3N2O3/c1-2-22-13-6-5-10(15(16,17)18)8-12(13)20-14(21)19-9-11-4-3-7-23-11/h5-6,8,11H,2-4,7,9H2,1H3,(H2,19,20,21). The summed E-state index contributed by atoms with van der Waals surface area (Å²) in [5.74, 6) is 0.188. The zero-order valence-electron chi connectivity index (χ0n) is 12.7. The molecule has 0 aliphatic carbocycles. The van der Waals surface area contributed by atoms with Crippen molar-refractivity contribution in [2.45, 2.75) is 32.0 Å². The quantitative estimate of drug-likeness (QED) is 0.869. The first-order valence-electron chi connectivity index (χ1n) is 7.40. The second-order valence-electron chi connectivity index (χ2n) is 5.11. The summed E-state index contributed by atoms with van der Waals surface area (Å²) in [6.45, 7) is 2.96. The molecular formula is C15H19F3N2O3. The summed E-state index contributed by atoms with van der Waals surface area (Å²) in [5.41, 5.74) is -0.873. The Morgan fingerprint density at radius 1 is 1.43 bits per heavy atom. The van der Waals surface area contributed by atoms with Crippen molar-refractivity contribution < 1.29 is 27.4 Å². The average Bonchev–Trinajstić information content (AvgIpc) is 2.99. The van der Waals surface area contributed by atoms with Crippen molar-refractivity contribution in [3.63, 3.8) is 0 Å². The third-order valence-electron chi connectivity index (χ3n) is 3.37. The van der Waals surface area contributed by atoms with Gasteiger partial charge in [-0.2, -0.15) is 13.2 Å². The fourth-order valence-electron chi connectivity index (χ4n) is 2.26. The number of hydrogen-bond donors (Lipinski definition) is 2. The highest BCUT2D eigenvalue weighted by molar-refractivity contribution is 5.91. The Morgan fingerprint density at radius 2 is 2.22 bits per heavy atom. The van der Waals surface area contributed by atoms with Gasteiger partial charge in [0.2, 0.25) is 0 Å². The summed E-state index contributed by atoms with van der Waals surface area (Å²) in [7, 11) is 0. The number of nitrogens with one attached hydrogen (secondary N) is 2. The van der Waals surface area contributed by atoms with Crippen LogP contribution in [0, 0.1) is 0 Å². The van der Waals surface area contributed by atoms with E-state index in [0.717, 1.165) is 25.0 Å². The Morgan fingerprint density at radius 3 is 2.83 bits per heavy atom. The van der Waals surface area contributed by atoms with Crippen molar-refractivity contribution in [1.82, 2.24) is 5.32 Å². The Bertz CT molecular complexity index is 543. The van der Waals surface area contributed by atoms with Crippen LogP contribution in [0.15, 0.2) is 18.2 Å². The first kappa shape index (κ1) is 17.4. The fourth-order valence-corrected chi connectivity index (χ4v) is 2.26. The smallest absolute Gasteiger partial charge is 0.416 e. The van der Waals surface area contributed by atoms with Gasteiger partial charge in [-0.05, 0) is 38.0 Å². The van der Waals surface area contributed by atoms with Crippen LogP contribution in [0.25, 0.3) is 0 Å². The van der Waals surface area contributed by atoms with Gasteiger partial charge in [0, 0.05) is 13.2 Å². The summed E-state index contributed by atoms with van der Waals surface area (Å²) in [5, 5.41) is 4.99. The normalized spacial score (nSPS) is 17.8. The maximum atomic E-state index is 12.8. The third-order valence-corrected chi connectivity index (χ3v) is 3.37. The van der Waals surface area contributed by atoms with Crippen LogP contribution in [0.3, 0.4) is 0 Å². The lowest BCUT2D eigenvalue weighted by Gasteiger charge is -2.16. The van der Waals surface area contributed by atoms with Crippen molar-refractivity contribution >= 4 is 11.7 Å². The van der Waals surface area contributed by atoms with E-state index < -0.39 is 17.8 Å². The highest BCUT2D eigenvalue weighted by Crippen LogP contribution is 2.35. The van der Waals surface area contributed by atoms with E-state index >= 15 is 0 Å². The number of carbonyl (C=O) groups is 1. The topological polar surface area (TPSA) is 59.6 Å². The minimum absolute atomic E-state index is 0.0217. The summed E-state index contributed by atoms with van der Waals surface area (Å²) >= 11 is 0. The molecule has 128 valence electrons. The Labute approximate surface area is 132 Å². The number of rotatable bonds is 5. The molecule has 1 saturated heterocycles. The van der Waals surface area contributed by atoms with Crippen LogP contribution in [0.1, 0.15) is 25.3 Å². The SMILES string of the molecule is CCOc1ccc(C(F)(F)F)cc1NC(=O)NCC1CCCO1. The number of anilines is 1. The zero-order valence-corrected chi connectivity index (χ0v) is 12.7. The van der Waals surface area contributed by atoms with E-state index in [1.807, 2.05) is 0 Å². The van der Waals surface area contributed by atoms with Gasteiger partial charge >= 0.3 is 12.2 Å². The molecule has 2 amide bonds. The molecule has 2 N–H and O–H groups in total. The highest BCUT2D eigenvalue weighted by atomic mass is 19.4. The predicted octanol–water partition coefficient (Wildman–Crippen LogP) is 3.40. The molecule has 1 aromatic carbocycles. The Kier molecular flexibility index (Phi) is 5.70. The van der Waals surface area contributed by atoms with E-state index in [2.05, 4.69) is 10.6 Å². The molecule has 23 heavy (non-hydrogen) atoms. The van der Waals surface area contributed by atoms with Gasteiger partial charge < -0.3 is 20.1 Å². The molecule has 1 aliphatic rings. The summed E-state index contributed by atoms with van der Waals surface area (Å²) in [6.07, 6.45) is -2.74. The summed E-state index contributed by atoms with van der Waals surface area (Å²) in [6, 6.07) is 2.37. The second-order valence-corrected chi connectivity index (χ2v) is 5.11. The molecule has 0 aromatic heterocycles. The van der Waals surface area contributed by atoms with Crippen molar-refractivity contribution in [2.75, 3.05) is 25.1 Å². The maximum Gasteiger partial charge on any atom is 0.416 e. The molecule has 8 heteroatoms. The largest absolute Gasteiger partial charge is 0.492 e. The van der Waals surface area contributed by atoms with Gasteiger partial charge in [0.1, 0.15) is 5.75 Å². The summed E-state index contributed by atoms with van der Waals surface area (Å²) in [4.78, 5) is 11.9. The van der Waals surface area contributed by atoms with E-state index in [4.69, 9.17) is 9.47 Å². The summed E-state index contributed by atoms with van der Waals surface area (Å²) < 4.78 is 49.0. The molecule has 0 bridgehead atoms. The van der Waals surface area contributed by atoms with Crippen molar-refractivity contribution in [3.05, 3.63) is 23.8 Å². The molecule has 1 unspecified atom stereocenters. The average molecular weight is 332 g/mol. The molecule has 1 fully saturated rings. The molecule has 5 nitrogen and oxygen atoms in total. The lowest BCUT2D eigenvalue weighted by Crippen LogP contribution is -2.35. The van der Waals surface area contributed by atoms with Gasteiger partial charge in [-0.25, -0.2) is 4.79 Å². The highest BCUT2D eigenvalue weighted by Gasteiger charge is 2.31. The fraction of sp³-hybridized carbons (Fsp3) is 0.533. The first-order valence-corrected chi connectivity index (χ1v) is 7.40. The minimum Gasteiger partial charge on any atom is -0.492 e. The number of hydrogen-bond acceptors (Lipinski definition) is 3. The van der Waals surface area contributed by atoms with Crippen molar-refractivity contribution in [1.29, 1.82) is 0 Å². The van der Waals surface area contributed by atoms with E-state index in [1.165, 1.54) is 6.07 Å². The third kappa shape index (κ3) is 5.02. The van der Waals surface area contributed by atoms with Crippen LogP contribution in [0.5, 0.6) is 5.75 Å². The van der Waals surface area contributed by atoms with Gasteiger partial charge in [0.15, 0.2) is 0 Å². The van der Waals surface area contributed by atoms with E-state index in [0.29, 0.717) is 13.2 Å². The van der Waals surface area contributed by atoms with Crippen LogP contribution >= 0.6 is 0 Å². The molecule has 1 atom stereocenters. The number of amides is 2. The van der Waals surface area contributed by atoms with Crippen LogP contribution < -0.4 is 15.4 Å². The lowest BCUT2D eigenvalue weighted by molar-refractivity contribution is -0.137. The number of halogens is 3. The molecule has 1 aromatic rings. The molecule has 0 saturated carbocycles. The van der Waals surface area contributed by atoms with Gasteiger partial charge in [0.25, 0.3) is 0 Å². The van der Waals surface area contributed by atoms with Crippen molar-refractivity contribution in [2.24, 2.45) is 0 Å². The number of ether oxygens (including phenoxy) is 2. The monoisotopic (exact) mass is 332 g/mol. The Hall–Kier alpha value is -1.96. The first-order chi connectivity index (χ1) is 10.9. The van der Waals surface area contributed by atoms with Gasteiger partial charge in [-0.3, -0.25) is 0 Å². The number of alkyl halides is 3. The molecular weight excluding hydrogens is 313 g/mol. The Balaban J connectivity index is 2.04. The molecule has 2 rings (SSSR count). The van der Waals surface area contributed by atoms with Crippen molar-refractivity contribution in [3.8, 4) is 5.75 Å². The van der Waals surface area contributed by atoms with Crippen LogP contribution in [-0.2, 0) is 10.9 Å². The molecule has 0 radical (unpaired) electrons. The van der Waals surface area contributed by atoms with Gasteiger partial charge in [-0.1, -0.05) is 0 Å². The second kappa shape index (κ2) is 7.54. The van der Waals surface area contributed by atoms with E-state index in [1.54, 1.807) is 6.92 Å². The van der Waals surface area contributed by atoms with Gasteiger partial charge in [0.05, 0.1) is 24.0 Å². The van der Waals surface area contributed by atoms with Crippen LogP contribution in [-0.4, -0.2) is 31.9 Å². The van der Waals surface area contributed by atoms with E-state index in [9.17, 15) is 18.0 Å². The van der Waals surface area contributed by atoms with Crippen LogP contribution in [0.2, 0.25) is 0 Å². The van der Waals surface area contributed by atoms with Gasteiger partial charge in [-0.15, -0.1) is 0 Å². The number of benzene rings is 1. The molecule has 1 heterocycles. The maximum absolute atomic E-state index is 12.8. The number of urea groups is 1.